The summed E-state index contributed by atoms with van der Waals surface area (Å²) in [6.07, 6.45) is 0. The van der Waals surface area contributed by atoms with Crippen LogP contribution in [0.4, 0.5) is 0 Å². The third-order valence-electron chi connectivity index (χ3n) is 0. The van der Waals surface area contributed by atoms with Crippen molar-refractivity contribution in [2.24, 2.45) is 0 Å². The van der Waals surface area contributed by atoms with Gasteiger partial charge >= 0.3 is 0 Å². The Morgan fingerprint density at radius 3 is 0.231 bits per heavy atom. The second-order valence-corrected chi connectivity index (χ2v) is 0. The molecule has 0 bridgehead atoms. The Morgan fingerprint density at radius 2 is 0.231 bits per heavy atom. The summed E-state index contributed by atoms with van der Waals surface area (Å²) >= 11 is 0. The van der Waals surface area contributed by atoms with E-state index >= 15 is 0 Å². The van der Waals surface area contributed by atoms with Crippen molar-refractivity contribution in [3.63, 3.8) is 0 Å². The molecule has 0 aliphatic rings. The number of rotatable bonds is 0. The Kier molecular flexibility index (Phi) is 29500. The summed E-state index contributed by atoms with van der Waals surface area (Å²) in [5.74, 6) is 0. The maximum absolute atomic E-state index is 0. The normalized spacial score (nSPS) is 0. The summed E-state index contributed by atoms with van der Waals surface area (Å²) in [6, 6.07) is 0. The first-order valence-electron chi connectivity index (χ1n) is 0. The van der Waals surface area contributed by atoms with Gasteiger partial charge in [-0.3, -0.25) is 0 Å². The van der Waals surface area contributed by atoms with Crippen molar-refractivity contribution in [3.8, 4) is 0 Å². The van der Waals surface area contributed by atoms with Crippen LogP contribution < -0.4 is 0 Å². The molecule has 0 aromatic heterocycles. The second-order valence-electron chi connectivity index (χ2n) is 0. The fourth-order valence-corrected chi connectivity index (χ4v) is 0. The van der Waals surface area contributed by atoms with Crippen molar-refractivity contribution in [3.05, 3.63) is 0 Å². The molecule has 0 radical (unpaired) electrons. The van der Waals surface area contributed by atoms with Gasteiger partial charge < -0.3 is 49.3 Å². The topological polar surface area (TPSA) is 284 Å². The maximum atomic E-state index is 0. The van der Waals surface area contributed by atoms with Gasteiger partial charge in [0, 0.05) is 42.1 Å². The number of hydrogen-bond donors (Lipinski definition) is 0. The van der Waals surface area contributed by atoms with E-state index < -0.39 is 0 Å². The first-order valence-corrected chi connectivity index (χ1v) is 0. The van der Waals surface area contributed by atoms with Crippen molar-refractivity contribution >= 4 is 34.7 Å². The van der Waals surface area contributed by atoms with E-state index in [1.54, 1.807) is 0 Å². The van der Waals surface area contributed by atoms with Crippen LogP contribution >= 0.6 is 0 Å². The summed E-state index contributed by atoms with van der Waals surface area (Å²) < 4.78 is 0. The third kappa shape index (κ3) is 474. The third-order valence-corrected chi connectivity index (χ3v) is 0. The van der Waals surface area contributed by atoms with Crippen LogP contribution in [0, 0.1) is 0 Å². The molecule has 0 saturated heterocycles. The van der Waals surface area contributed by atoms with Crippen LogP contribution in [0.25, 0.3) is 0 Å². The van der Waals surface area contributed by atoms with E-state index in [1.807, 2.05) is 0 Å². The molecule has 0 aliphatic carbocycles. The molecule has 0 saturated carbocycles. The van der Waals surface area contributed by atoms with Crippen LogP contribution in [-0.2, 0) is 42.1 Å². The predicted molar refractivity (Wildman–Crippen MR) is 52.4 cm³/mol. The van der Waals surface area contributed by atoms with Gasteiger partial charge in [-0.2, -0.15) is 0 Å². The molecule has 0 aliphatic heterocycles. The minimum Gasteiger partial charge on any atom is -0.412 e. The van der Waals surface area contributed by atoms with Crippen LogP contribution in [0.1, 0.15) is 0 Å². The van der Waals surface area contributed by atoms with E-state index in [0.29, 0.717) is 0 Å². The molecule has 0 heterocycles. The van der Waals surface area contributed by atoms with Gasteiger partial charge in [-0.15, -0.1) is 0 Å². The molecule has 0 spiro atoms. The van der Waals surface area contributed by atoms with Gasteiger partial charge in [0.1, 0.15) is 0 Å². The number of hydrogen-bond acceptors (Lipinski definition) is 0. The van der Waals surface area contributed by atoms with Crippen LogP contribution in [0.2, 0.25) is 0 Å². The van der Waals surface area contributed by atoms with Gasteiger partial charge in [0.15, 0.2) is 34.7 Å². The molecule has 96 valence electrons. The minimum absolute atomic E-state index is 0. The van der Waals surface area contributed by atoms with Gasteiger partial charge in [0.25, 0.3) is 0 Å². The quantitative estimate of drug-likeness (QED) is 0.238. The Labute approximate surface area is 125 Å². The van der Waals surface area contributed by atoms with E-state index in [2.05, 4.69) is 0 Å². The molecular weight excluding hydrogens is 566 g/mol. The SMILES string of the molecule is O.O.O.O.O.O.O.O.O.[AlH3].[AlH3].[W].[W]. The molecule has 0 aromatic carbocycles. The van der Waals surface area contributed by atoms with E-state index in [0.717, 1.165) is 0 Å². The summed E-state index contributed by atoms with van der Waals surface area (Å²) in [4.78, 5) is 0. The monoisotopic (exact) mass is 590 g/mol. The molecule has 0 aromatic rings. The van der Waals surface area contributed by atoms with Crippen LogP contribution in [-0.4, -0.2) is 84.0 Å². The van der Waals surface area contributed by atoms with Crippen molar-refractivity contribution in [1.29, 1.82) is 0 Å². The smallest absolute Gasteiger partial charge is 0.187 e. The molecule has 13 heteroatoms. The van der Waals surface area contributed by atoms with E-state index in [4.69, 9.17) is 0 Å². The first-order chi connectivity index (χ1) is 0. The van der Waals surface area contributed by atoms with Gasteiger partial charge in [-0.05, 0) is 0 Å². The summed E-state index contributed by atoms with van der Waals surface area (Å²) in [7, 11) is 0. The average molecular weight is 590 g/mol. The summed E-state index contributed by atoms with van der Waals surface area (Å²) in [5.41, 5.74) is 0. The zero-order valence-corrected chi connectivity index (χ0v) is 11.2. The molecule has 18 N–H and O–H groups in total. The molecule has 0 amide bonds. The van der Waals surface area contributed by atoms with Crippen molar-refractivity contribution < 1.29 is 91.4 Å². The molecule has 0 fully saturated rings. The Balaban J connectivity index is 0. The van der Waals surface area contributed by atoms with Gasteiger partial charge in [0.05, 0.1) is 0 Å². The fourth-order valence-electron chi connectivity index (χ4n) is 0. The van der Waals surface area contributed by atoms with Crippen LogP contribution in [0.3, 0.4) is 0 Å². The van der Waals surface area contributed by atoms with Gasteiger partial charge in [-0.25, -0.2) is 0 Å². The summed E-state index contributed by atoms with van der Waals surface area (Å²) in [5, 5.41) is 0. The maximum Gasteiger partial charge on any atom is 0.187 e. The van der Waals surface area contributed by atoms with Crippen LogP contribution in [0.15, 0.2) is 0 Å². The van der Waals surface area contributed by atoms with Crippen molar-refractivity contribution in [2.75, 3.05) is 0 Å². The first kappa shape index (κ1) is 690. The molecule has 9 nitrogen and oxygen atoms in total. The van der Waals surface area contributed by atoms with Crippen molar-refractivity contribution in [2.45, 2.75) is 0 Å². The van der Waals surface area contributed by atoms with E-state index in [9.17, 15) is 0 Å². The minimum atomic E-state index is 0. The Morgan fingerprint density at radius 1 is 0.231 bits per heavy atom. The largest absolute Gasteiger partial charge is 0.412 e. The van der Waals surface area contributed by atoms with Gasteiger partial charge in [0.2, 0.25) is 0 Å². The predicted octanol–water partition coefficient (Wildman–Crippen LogP) is -9.80. The fraction of sp³-hybridized carbons (Fsp3) is 0. The second kappa shape index (κ2) is 556. The summed E-state index contributed by atoms with van der Waals surface area (Å²) in [6.45, 7) is 0. The molecule has 0 atom stereocenters. The Hall–Kier alpha value is 2.08. The van der Waals surface area contributed by atoms with Crippen LogP contribution in [0.5, 0.6) is 0 Å². The zero-order valence-electron chi connectivity index (χ0n) is 5.32. The zero-order chi connectivity index (χ0) is 0. The Bertz CT molecular complexity index is 15.6. The standard InChI is InChI=1S/2Al.9H2O.2W.6H/h;;9*1H2;;;;;;;;. The van der Waals surface area contributed by atoms with Gasteiger partial charge in [-0.1, -0.05) is 0 Å². The van der Waals surface area contributed by atoms with Crippen molar-refractivity contribution in [1.82, 2.24) is 0 Å². The molecule has 0 rings (SSSR count). The van der Waals surface area contributed by atoms with E-state index in [-0.39, 0.29) is 126 Å². The molecule has 13 heavy (non-hydrogen) atoms. The average Bonchev–Trinajstić information content (AvgIpc) is 0. The molecule has 0 unspecified atom stereocenters. The molecular formula is H24Al2O9W2. The van der Waals surface area contributed by atoms with E-state index in [1.165, 1.54) is 0 Å².